The van der Waals surface area contributed by atoms with Crippen molar-refractivity contribution in [3.8, 4) is 11.3 Å². The number of rotatable bonds is 7. The SMILES string of the molecule is O=C(CCc1ncc(-c2ccccc2)o1)NC[C@H]1C[C@H]1c1ccccc1. The van der Waals surface area contributed by atoms with Gasteiger partial charge in [0.05, 0.1) is 6.20 Å². The monoisotopic (exact) mass is 346 g/mol. The molecule has 132 valence electrons. The zero-order valence-corrected chi connectivity index (χ0v) is 14.6. The van der Waals surface area contributed by atoms with E-state index in [1.807, 2.05) is 36.4 Å². The van der Waals surface area contributed by atoms with E-state index in [9.17, 15) is 4.79 Å². The molecular weight excluding hydrogens is 324 g/mol. The van der Waals surface area contributed by atoms with Crippen LogP contribution in [0.1, 0.15) is 30.2 Å². The van der Waals surface area contributed by atoms with E-state index in [0.717, 1.165) is 24.3 Å². The maximum absolute atomic E-state index is 12.1. The van der Waals surface area contributed by atoms with Gasteiger partial charge in [-0.2, -0.15) is 0 Å². The van der Waals surface area contributed by atoms with E-state index in [0.29, 0.717) is 30.6 Å². The van der Waals surface area contributed by atoms with Gasteiger partial charge in [0, 0.05) is 24.9 Å². The Kier molecular flexibility index (Phi) is 4.82. The van der Waals surface area contributed by atoms with Gasteiger partial charge in [0.15, 0.2) is 11.7 Å². The number of oxazole rings is 1. The molecular formula is C22H22N2O2. The standard InChI is InChI=1S/C22H22N2O2/c25-21(23-14-18-13-19(18)16-7-3-1-4-8-16)11-12-22-24-15-20(26-22)17-9-5-2-6-10-17/h1-10,15,18-19H,11-14H2,(H,23,25)/t18-,19+/m1/s1. The van der Waals surface area contributed by atoms with Crippen LogP contribution in [0.2, 0.25) is 0 Å². The Balaban J connectivity index is 1.21. The molecule has 26 heavy (non-hydrogen) atoms. The molecule has 1 fully saturated rings. The molecule has 1 aliphatic carbocycles. The van der Waals surface area contributed by atoms with E-state index in [4.69, 9.17) is 4.42 Å². The van der Waals surface area contributed by atoms with Crippen molar-refractivity contribution in [2.24, 2.45) is 5.92 Å². The van der Waals surface area contributed by atoms with Crippen LogP contribution < -0.4 is 5.32 Å². The lowest BCUT2D eigenvalue weighted by Crippen LogP contribution is -2.26. The largest absolute Gasteiger partial charge is 0.441 e. The predicted molar refractivity (Wildman–Crippen MR) is 101 cm³/mol. The first-order chi connectivity index (χ1) is 12.8. The number of nitrogens with zero attached hydrogens (tertiary/aromatic N) is 1. The van der Waals surface area contributed by atoms with Crippen LogP contribution in [0.5, 0.6) is 0 Å². The number of carbonyl (C=O) groups is 1. The fourth-order valence-corrected chi connectivity index (χ4v) is 3.30. The van der Waals surface area contributed by atoms with Crippen molar-refractivity contribution >= 4 is 5.91 Å². The molecule has 4 nitrogen and oxygen atoms in total. The molecule has 1 aliphatic rings. The van der Waals surface area contributed by atoms with Gasteiger partial charge in [-0.1, -0.05) is 60.7 Å². The summed E-state index contributed by atoms with van der Waals surface area (Å²) in [5.74, 6) is 2.56. The van der Waals surface area contributed by atoms with Crippen LogP contribution in [0.4, 0.5) is 0 Å². The molecule has 2 atom stereocenters. The second kappa shape index (κ2) is 7.56. The molecule has 4 heteroatoms. The lowest BCUT2D eigenvalue weighted by molar-refractivity contribution is -0.121. The van der Waals surface area contributed by atoms with Crippen LogP contribution in [0, 0.1) is 5.92 Å². The van der Waals surface area contributed by atoms with E-state index in [1.165, 1.54) is 5.56 Å². The fourth-order valence-electron chi connectivity index (χ4n) is 3.30. The van der Waals surface area contributed by atoms with E-state index in [2.05, 4.69) is 34.6 Å². The lowest BCUT2D eigenvalue weighted by atomic mass is 10.1. The maximum Gasteiger partial charge on any atom is 0.220 e. The average Bonchev–Trinajstić information content (AvgIpc) is 3.33. The quantitative estimate of drug-likeness (QED) is 0.698. The highest BCUT2D eigenvalue weighted by Crippen LogP contribution is 2.46. The summed E-state index contributed by atoms with van der Waals surface area (Å²) in [6.45, 7) is 0.749. The van der Waals surface area contributed by atoms with Crippen LogP contribution in [0.3, 0.4) is 0 Å². The minimum Gasteiger partial charge on any atom is -0.441 e. The number of carbonyl (C=O) groups excluding carboxylic acids is 1. The number of aryl methyl sites for hydroxylation is 1. The summed E-state index contributed by atoms with van der Waals surface area (Å²) in [4.78, 5) is 16.4. The molecule has 0 spiro atoms. The summed E-state index contributed by atoms with van der Waals surface area (Å²) >= 11 is 0. The first-order valence-corrected chi connectivity index (χ1v) is 9.11. The van der Waals surface area contributed by atoms with Crippen molar-refractivity contribution in [1.29, 1.82) is 0 Å². The third-order valence-corrected chi connectivity index (χ3v) is 4.89. The highest BCUT2D eigenvalue weighted by atomic mass is 16.4. The van der Waals surface area contributed by atoms with E-state index < -0.39 is 0 Å². The normalized spacial score (nSPS) is 18.5. The van der Waals surface area contributed by atoms with Crippen molar-refractivity contribution in [2.45, 2.75) is 25.2 Å². The predicted octanol–water partition coefficient (Wildman–Crippen LogP) is 4.19. The number of hydrogen-bond donors (Lipinski definition) is 1. The second-order valence-corrected chi connectivity index (χ2v) is 6.80. The Bertz CT molecular complexity index is 858. The van der Waals surface area contributed by atoms with E-state index in [-0.39, 0.29) is 5.91 Å². The molecule has 3 aromatic rings. The van der Waals surface area contributed by atoms with Crippen LogP contribution in [0.25, 0.3) is 11.3 Å². The molecule has 0 aliphatic heterocycles. The Hall–Kier alpha value is -2.88. The summed E-state index contributed by atoms with van der Waals surface area (Å²) in [6, 6.07) is 20.4. The molecule has 1 heterocycles. The van der Waals surface area contributed by atoms with Gasteiger partial charge in [0.25, 0.3) is 0 Å². The van der Waals surface area contributed by atoms with Crippen molar-refractivity contribution in [1.82, 2.24) is 10.3 Å². The topological polar surface area (TPSA) is 55.1 Å². The zero-order valence-electron chi connectivity index (χ0n) is 14.6. The van der Waals surface area contributed by atoms with Crippen LogP contribution in [0.15, 0.2) is 71.3 Å². The van der Waals surface area contributed by atoms with Gasteiger partial charge in [-0.3, -0.25) is 4.79 Å². The molecule has 1 saturated carbocycles. The fraction of sp³-hybridized carbons (Fsp3) is 0.273. The smallest absolute Gasteiger partial charge is 0.220 e. The average molecular weight is 346 g/mol. The third kappa shape index (κ3) is 4.02. The van der Waals surface area contributed by atoms with Gasteiger partial charge in [0.1, 0.15) is 0 Å². The van der Waals surface area contributed by atoms with Crippen LogP contribution in [-0.2, 0) is 11.2 Å². The van der Waals surface area contributed by atoms with Crippen molar-refractivity contribution in [3.05, 3.63) is 78.3 Å². The summed E-state index contributed by atoms with van der Waals surface area (Å²) < 4.78 is 5.74. The molecule has 0 bridgehead atoms. The van der Waals surface area contributed by atoms with E-state index in [1.54, 1.807) is 6.20 Å². The first kappa shape index (κ1) is 16.6. The Morgan fingerprint density at radius 3 is 2.58 bits per heavy atom. The molecule has 4 rings (SSSR count). The molecule has 2 aromatic carbocycles. The zero-order chi connectivity index (χ0) is 17.8. The summed E-state index contributed by atoms with van der Waals surface area (Å²) in [5, 5.41) is 3.04. The number of nitrogens with one attached hydrogen (secondary N) is 1. The van der Waals surface area contributed by atoms with Gasteiger partial charge >= 0.3 is 0 Å². The molecule has 0 saturated heterocycles. The first-order valence-electron chi connectivity index (χ1n) is 9.11. The Morgan fingerprint density at radius 2 is 1.81 bits per heavy atom. The Morgan fingerprint density at radius 1 is 1.08 bits per heavy atom. The van der Waals surface area contributed by atoms with Gasteiger partial charge in [-0.25, -0.2) is 4.98 Å². The number of hydrogen-bond acceptors (Lipinski definition) is 3. The number of aromatic nitrogens is 1. The summed E-state index contributed by atoms with van der Waals surface area (Å²) in [5.41, 5.74) is 2.37. The van der Waals surface area contributed by atoms with Crippen molar-refractivity contribution < 1.29 is 9.21 Å². The number of amides is 1. The summed E-state index contributed by atoms with van der Waals surface area (Å²) in [6.07, 6.45) is 3.80. The molecule has 0 radical (unpaired) electrons. The lowest BCUT2D eigenvalue weighted by Gasteiger charge is -2.04. The highest BCUT2D eigenvalue weighted by molar-refractivity contribution is 5.76. The van der Waals surface area contributed by atoms with Crippen molar-refractivity contribution in [3.63, 3.8) is 0 Å². The second-order valence-electron chi connectivity index (χ2n) is 6.80. The Labute approximate surface area is 153 Å². The van der Waals surface area contributed by atoms with Gasteiger partial charge in [-0.15, -0.1) is 0 Å². The van der Waals surface area contributed by atoms with Gasteiger partial charge < -0.3 is 9.73 Å². The van der Waals surface area contributed by atoms with Crippen molar-refractivity contribution in [2.75, 3.05) is 6.54 Å². The minimum atomic E-state index is 0.0585. The molecule has 1 amide bonds. The van der Waals surface area contributed by atoms with Crippen LogP contribution in [-0.4, -0.2) is 17.4 Å². The molecule has 1 N–H and O–H groups in total. The van der Waals surface area contributed by atoms with Gasteiger partial charge in [0.2, 0.25) is 5.91 Å². The van der Waals surface area contributed by atoms with Gasteiger partial charge in [-0.05, 0) is 23.8 Å². The highest BCUT2D eigenvalue weighted by Gasteiger charge is 2.37. The van der Waals surface area contributed by atoms with Crippen LogP contribution >= 0.6 is 0 Å². The summed E-state index contributed by atoms with van der Waals surface area (Å²) in [7, 11) is 0. The number of benzene rings is 2. The minimum absolute atomic E-state index is 0.0585. The third-order valence-electron chi connectivity index (χ3n) is 4.89. The van der Waals surface area contributed by atoms with E-state index >= 15 is 0 Å². The molecule has 0 unspecified atom stereocenters. The molecule has 1 aromatic heterocycles. The maximum atomic E-state index is 12.1.